The number of aliphatic carboxylic acids is 3. The van der Waals surface area contributed by atoms with Crippen LogP contribution in [0, 0.1) is 0 Å². The van der Waals surface area contributed by atoms with Crippen molar-refractivity contribution in [2.45, 2.75) is 20.8 Å². The fourth-order valence-corrected chi connectivity index (χ4v) is 0.747. The standard InChI is InChI=1S/3C6H8O2.26K/c3*1-2-3-4-5-6(7)8;;;;;;;;;;;;;;;;;;;;;;;;;;/h3*2-5H,1H3,(H,7,8);;;;;;;;;;;;;;;;;;;;;;;;;;/q;;;26*+1. The molecule has 132 valence electrons. The summed E-state index contributed by atoms with van der Waals surface area (Å²) >= 11 is 0. The number of carboxylic acid groups (broad SMARTS) is 3. The van der Waals surface area contributed by atoms with Gasteiger partial charge >= 0.3 is 1350 Å². The summed E-state index contributed by atoms with van der Waals surface area (Å²) in [5.74, 6) is -2.74. The summed E-state index contributed by atoms with van der Waals surface area (Å²) in [7, 11) is 0. The van der Waals surface area contributed by atoms with E-state index in [-0.39, 0.29) is 1340 Å². The number of carbonyl (C=O) groups is 3. The fourth-order valence-electron chi connectivity index (χ4n) is 0.747. The van der Waals surface area contributed by atoms with Crippen molar-refractivity contribution in [1.29, 1.82) is 0 Å². The molecule has 0 fully saturated rings. The van der Waals surface area contributed by atoms with Crippen molar-refractivity contribution in [3.8, 4) is 0 Å². The van der Waals surface area contributed by atoms with Gasteiger partial charge in [-0.05, 0) is 20.8 Å². The Labute approximate surface area is 1410 Å². The Morgan fingerprint density at radius 3 is 0.420 bits per heavy atom. The summed E-state index contributed by atoms with van der Waals surface area (Å²) in [4.78, 5) is 29.3. The van der Waals surface area contributed by atoms with Crippen LogP contribution in [0.4, 0.5) is 0 Å². The predicted molar refractivity (Wildman–Crippen MR) is 94.8 cm³/mol. The van der Waals surface area contributed by atoms with E-state index in [1.54, 1.807) is 36.5 Å². The molecule has 0 aliphatic carbocycles. The third-order valence-electron chi connectivity index (χ3n) is 1.63. The Morgan fingerprint density at radius 2 is 0.360 bits per heavy atom. The number of hydrogen-bond acceptors (Lipinski definition) is 3. The molecule has 0 rings (SSSR count). The topological polar surface area (TPSA) is 112 Å². The minimum Gasteiger partial charge on any atom is -0.478 e. The summed E-state index contributed by atoms with van der Waals surface area (Å²) in [6.45, 7) is 5.48. The molecule has 50 heavy (non-hydrogen) atoms. The molecule has 0 saturated carbocycles. The molecule has 0 atom stereocenters. The van der Waals surface area contributed by atoms with Crippen molar-refractivity contribution < 1.29 is 1370 Å². The van der Waals surface area contributed by atoms with Crippen LogP contribution in [0.2, 0.25) is 0 Å². The van der Waals surface area contributed by atoms with Gasteiger partial charge in [-0.3, -0.25) is 0 Å². The molecule has 0 saturated heterocycles. The van der Waals surface area contributed by atoms with Crippen LogP contribution in [0.1, 0.15) is 20.8 Å². The molecule has 0 aliphatic rings. The molecule has 32 heteroatoms. The normalized spacial score (nSPS) is 5.34. The van der Waals surface area contributed by atoms with Gasteiger partial charge in [-0.15, -0.1) is 0 Å². The van der Waals surface area contributed by atoms with Crippen LogP contribution in [0.5, 0.6) is 0 Å². The quantitative estimate of drug-likeness (QED) is 0.139. The van der Waals surface area contributed by atoms with Crippen molar-refractivity contribution in [2.24, 2.45) is 0 Å². The number of allylic oxidation sites excluding steroid dienone is 9. The Balaban J connectivity index is -0.00000000389. The van der Waals surface area contributed by atoms with E-state index >= 15 is 0 Å². The molecule has 3 N–H and O–H groups in total. The molecule has 0 aromatic carbocycles. The van der Waals surface area contributed by atoms with E-state index in [4.69, 9.17) is 15.3 Å². The summed E-state index contributed by atoms with van der Waals surface area (Å²) in [6.07, 6.45) is 17.9. The van der Waals surface area contributed by atoms with Crippen LogP contribution >= 0.6 is 0 Å². The second-order valence-corrected chi connectivity index (χ2v) is 3.67. The summed E-state index contributed by atoms with van der Waals surface area (Å²) in [6, 6.07) is 0. The molecular weight excluding hydrogens is 1330 g/mol. The van der Waals surface area contributed by atoms with E-state index in [2.05, 4.69) is 0 Å². The Morgan fingerprint density at radius 1 is 0.260 bits per heavy atom. The molecular formula is C18H24K26O6+26. The van der Waals surface area contributed by atoms with Crippen molar-refractivity contribution in [2.75, 3.05) is 0 Å². The smallest absolute Gasteiger partial charge is 0.478 e. The first-order valence-electron chi connectivity index (χ1n) is 6.88. The van der Waals surface area contributed by atoms with E-state index in [0.29, 0.717) is 0 Å². The number of hydrogen-bond donors (Lipinski definition) is 3. The minimum atomic E-state index is -0.914. The van der Waals surface area contributed by atoms with Gasteiger partial charge in [0.25, 0.3) is 0 Å². The monoisotopic (exact) mass is 1350 g/mol. The van der Waals surface area contributed by atoms with Crippen LogP contribution in [0.15, 0.2) is 72.9 Å². The second-order valence-electron chi connectivity index (χ2n) is 3.67. The Kier molecular flexibility index (Phi) is 709. The molecule has 0 aromatic heterocycles. The first kappa shape index (κ1) is 191. The van der Waals surface area contributed by atoms with Gasteiger partial charge in [-0.25, -0.2) is 14.4 Å². The molecule has 6 nitrogen and oxygen atoms in total. The van der Waals surface area contributed by atoms with E-state index in [0.717, 1.165) is 18.2 Å². The van der Waals surface area contributed by atoms with Crippen LogP contribution in [0.3, 0.4) is 0 Å². The summed E-state index contributed by atoms with van der Waals surface area (Å²) in [5.41, 5.74) is 0. The first-order valence-corrected chi connectivity index (χ1v) is 6.88. The zero-order chi connectivity index (χ0) is 19.2. The zero-order valence-corrected chi connectivity index (χ0v) is 121. The van der Waals surface area contributed by atoms with E-state index in [9.17, 15) is 14.4 Å². The maximum absolute atomic E-state index is 9.75. The molecule has 0 radical (unpaired) electrons. The van der Waals surface area contributed by atoms with E-state index in [1.807, 2.05) is 20.8 Å². The largest absolute Gasteiger partial charge is 1.00 e. The minimum absolute atomic E-state index is 0. The fraction of sp³-hybridized carbons (Fsp3) is 0.167. The van der Waals surface area contributed by atoms with Crippen LogP contribution < -0.4 is 1340 Å². The second kappa shape index (κ2) is 185. The van der Waals surface area contributed by atoms with Gasteiger partial charge in [0.15, 0.2) is 0 Å². The van der Waals surface area contributed by atoms with Gasteiger partial charge in [-0.2, -0.15) is 0 Å². The van der Waals surface area contributed by atoms with Gasteiger partial charge in [-0.1, -0.05) is 54.7 Å². The number of carboxylic acids is 3. The van der Waals surface area contributed by atoms with Gasteiger partial charge in [0.05, 0.1) is 0 Å². The van der Waals surface area contributed by atoms with Gasteiger partial charge in [0.1, 0.15) is 0 Å². The third-order valence-corrected chi connectivity index (χ3v) is 1.63. The van der Waals surface area contributed by atoms with Crippen LogP contribution in [0.25, 0.3) is 0 Å². The Hall–Kier alpha value is 39.4. The molecule has 0 aliphatic heterocycles. The maximum atomic E-state index is 9.75. The van der Waals surface area contributed by atoms with E-state index in [1.165, 1.54) is 18.2 Å². The molecule has 0 bridgehead atoms. The average Bonchev–Trinajstić information content (AvgIpc) is 2.48. The first-order chi connectivity index (χ1) is 11.3. The molecule has 0 amide bonds. The van der Waals surface area contributed by atoms with Gasteiger partial charge in [0.2, 0.25) is 0 Å². The van der Waals surface area contributed by atoms with Crippen LogP contribution in [-0.2, 0) is 14.4 Å². The van der Waals surface area contributed by atoms with Crippen LogP contribution in [-0.4, -0.2) is 33.2 Å². The van der Waals surface area contributed by atoms with Gasteiger partial charge < -0.3 is 15.3 Å². The maximum Gasteiger partial charge on any atom is 1.00 e. The average molecular weight is 1350 g/mol. The van der Waals surface area contributed by atoms with Crippen molar-refractivity contribution in [3.63, 3.8) is 0 Å². The predicted octanol–water partition coefficient (Wildman–Crippen LogP) is -74.3. The van der Waals surface area contributed by atoms with Crippen molar-refractivity contribution in [3.05, 3.63) is 72.9 Å². The molecule has 0 unspecified atom stereocenters. The SMILES string of the molecule is CC=CC=CC(=O)O.CC=CC=CC(=O)O.CC=CC=CC(=O)O.[K+].[K+].[K+].[K+].[K+].[K+].[K+].[K+].[K+].[K+].[K+].[K+].[K+].[K+].[K+].[K+].[K+].[K+].[K+].[K+].[K+].[K+].[K+].[K+].[K+].[K+]. The number of rotatable bonds is 6. The summed E-state index contributed by atoms with van der Waals surface area (Å²) < 4.78 is 0. The van der Waals surface area contributed by atoms with Crippen molar-refractivity contribution >= 4 is 17.9 Å². The van der Waals surface area contributed by atoms with E-state index < -0.39 is 17.9 Å². The summed E-state index contributed by atoms with van der Waals surface area (Å²) in [5, 5.41) is 24.1. The third kappa shape index (κ3) is 220. The molecule has 0 spiro atoms. The van der Waals surface area contributed by atoms with Gasteiger partial charge in [0, 0.05) is 18.2 Å². The zero-order valence-electron chi connectivity index (χ0n) is 40.0. The Bertz CT molecular complexity index is 493. The van der Waals surface area contributed by atoms with Crippen molar-refractivity contribution in [1.82, 2.24) is 0 Å². The molecule has 0 aromatic rings. The molecule has 0 heterocycles.